The van der Waals surface area contributed by atoms with Crippen molar-refractivity contribution in [2.45, 2.75) is 38.8 Å². The van der Waals surface area contributed by atoms with E-state index < -0.39 is 13.4 Å². The number of anilines is 1. The van der Waals surface area contributed by atoms with Crippen molar-refractivity contribution in [3.8, 4) is 0 Å². The molecule has 0 bridgehead atoms. The molecule has 2 N–H and O–H groups in total. The maximum atomic E-state index is 13.6. The van der Waals surface area contributed by atoms with E-state index in [0.29, 0.717) is 0 Å². The lowest BCUT2D eigenvalue weighted by molar-refractivity contribution is 0.187. The van der Waals surface area contributed by atoms with E-state index in [1.54, 1.807) is 0 Å². The van der Waals surface area contributed by atoms with Crippen LogP contribution in [-0.2, 0) is 13.6 Å². The first-order valence-corrected chi connectivity index (χ1v) is 10.4. The van der Waals surface area contributed by atoms with Crippen LogP contribution in [-0.4, -0.2) is 17.2 Å². The fourth-order valence-corrected chi connectivity index (χ4v) is 5.66. The van der Waals surface area contributed by atoms with Gasteiger partial charge in [-0.05, 0) is 39.0 Å². The molecular weight excluding hydrogens is 347 g/mol. The lowest BCUT2D eigenvalue weighted by atomic mass is 10.1. The summed E-state index contributed by atoms with van der Waals surface area (Å²) < 4.78 is 25.3. The van der Waals surface area contributed by atoms with Crippen LogP contribution in [0.5, 0.6) is 0 Å². The van der Waals surface area contributed by atoms with E-state index in [1.165, 1.54) is 5.56 Å². The van der Waals surface area contributed by atoms with Crippen molar-refractivity contribution >= 4 is 24.2 Å². The van der Waals surface area contributed by atoms with Crippen molar-refractivity contribution in [3.63, 3.8) is 0 Å². The molecule has 0 saturated carbocycles. The van der Waals surface area contributed by atoms with E-state index in [4.69, 9.17) is 9.05 Å². The minimum absolute atomic E-state index is 0.214. The van der Waals surface area contributed by atoms with Gasteiger partial charge in [-0.25, -0.2) is 0 Å². The molecule has 1 aliphatic heterocycles. The predicted molar refractivity (Wildman–Crippen MR) is 105 cm³/mol. The van der Waals surface area contributed by atoms with E-state index in [2.05, 4.69) is 10.3 Å². The molecule has 1 saturated heterocycles. The molecule has 2 heterocycles. The van der Waals surface area contributed by atoms with Crippen molar-refractivity contribution < 1.29 is 13.6 Å². The smallest absolute Gasteiger partial charge is 0.358 e. The molecule has 1 aromatic heterocycles. The summed E-state index contributed by atoms with van der Waals surface area (Å²) in [6, 6.07) is 16.0. The monoisotopic (exact) mass is 370 g/mol. The largest absolute Gasteiger partial charge is 0.368 e. The Balaban J connectivity index is 1.79. The first kappa shape index (κ1) is 17.3. The van der Waals surface area contributed by atoms with Crippen LogP contribution < -0.4 is 5.32 Å². The second-order valence-electron chi connectivity index (χ2n) is 6.86. The lowest BCUT2D eigenvalue weighted by Gasteiger charge is -2.24. The highest BCUT2D eigenvalue weighted by molar-refractivity contribution is 7.54. The van der Waals surface area contributed by atoms with Gasteiger partial charge in [-0.3, -0.25) is 4.57 Å². The molecule has 3 aromatic rings. The number of benzene rings is 2. The maximum absolute atomic E-state index is 13.6. The number of aromatic nitrogens is 1. The molecule has 0 amide bonds. The topological polar surface area (TPSA) is 63.4 Å². The van der Waals surface area contributed by atoms with Crippen LogP contribution in [0, 0.1) is 6.92 Å². The predicted octanol–water partition coefficient (Wildman–Crippen LogP) is 5.60. The van der Waals surface area contributed by atoms with Gasteiger partial charge in [0.25, 0.3) is 0 Å². The Hall–Kier alpha value is -2.07. The van der Waals surface area contributed by atoms with Gasteiger partial charge in [-0.15, -0.1) is 0 Å². The molecule has 5 nitrogen and oxygen atoms in total. The molecule has 4 atom stereocenters. The molecule has 6 heteroatoms. The Bertz CT molecular complexity index is 953. The molecule has 0 spiro atoms. The number of H-pyrrole nitrogens is 1. The minimum atomic E-state index is -3.39. The van der Waals surface area contributed by atoms with Crippen molar-refractivity contribution in [2.24, 2.45) is 0 Å². The molecule has 1 fully saturated rings. The highest BCUT2D eigenvalue weighted by atomic mass is 31.2. The zero-order chi connectivity index (χ0) is 18.3. The Labute approximate surface area is 153 Å². The fourth-order valence-electron chi connectivity index (χ4n) is 3.24. The number of para-hydroxylation sites is 1. The number of rotatable bonds is 4. The van der Waals surface area contributed by atoms with E-state index >= 15 is 0 Å². The van der Waals surface area contributed by atoms with Crippen molar-refractivity contribution in [2.75, 3.05) is 5.32 Å². The third-order valence-electron chi connectivity index (χ3n) is 4.87. The maximum Gasteiger partial charge on any atom is 0.358 e. The SMILES string of the molecule is Cc1ccc(N[C@H](c2c[nH]c3ccccc23)P2(=O)O[C@@H](C)[C@@H](C)O2)cc1. The quantitative estimate of drug-likeness (QED) is 0.587. The Morgan fingerprint density at radius 1 is 1.04 bits per heavy atom. The average Bonchev–Trinajstić information content (AvgIpc) is 3.15. The summed E-state index contributed by atoms with van der Waals surface area (Å²) in [4.78, 5) is 3.25. The molecule has 2 aromatic carbocycles. The van der Waals surface area contributed by atoms with E-state index in [9.17, 15) is 4.57 Å². The van der Waals surface area contributed by atoms with E-state index in [0.717, 1.165) is 22.2 Å². The molecule has 26 heavy (non-hydrogen) atoms. The minimum Gasteiger partial charge on any atom is -0.368 e. The van der Waals surface area contributed by atoms with Gasteiger partial charge >= 0.3 is 7.60 Å². The van der Waals surface area contributed by atoms with Crippen LogP contribution in [0.4, 0.5) is 5.69 Å². The van der Waals surface area contributed by atoms with Crippen molar-refractivity contribution in [3.05, 3.63) is 65.9 Å². The van der Waals surface area contributed by atoms with Crippen LogP contribution in [0.15, 0.2) is 54.7 Å². The van der Waals surface area contributed by atoms with Gasteiger partial charge < -0.3 is 19.3 Å². The lowest BCUT2D eigenvalue weighted by Crippen LogP contribution is -2.13. The second kappa shape index (κ2) is 6.58. The van der Waals surface area contributed by atoms with Crippen LogP contribution >= 0.6 is 7.60 Å². The van der Waals surface area contributed by atoms with Gasteiger partial charge in [0.2, 0.25) is 0 Å². The van der Waals surface area contributed by atoms with Gasteiger partial charge in [0.1, 0.15) is 0 Å². The third kappa shape index (κ3) is 3.07. The third-order valence-corrected chi connectivity index (χ3v) is 7.17. The van der Waals surface area contributed by atoms with Gasteiger partial charge in [-0.2, -0.15) is 0 Å². The molecule has 1 aliphatic rings. The number of nitrogens with one attached hydrogen (secondary N) is 2. The van der Waals surface area contributed by atoms with Crippen LogP contribution in [0.25, 0.3) is 10.9 Å². The summed E-state index contributed by atoms with van der Waals surface area (Å²) in [6.45, 7) is 5.82. The van der Waals surface area contributed by atoms with E-state index in [1.807, 2.05) is 75.5 Å². The van der Waals surface area contributed by atoms with E-state index in [-0.39, 0.29) is 12.2 Å². The number of hydrogen-bond donors (Lipinski definition) is 2. The summed E-state index contributed by atoms with van der Waals surface area (Å²) in [5.74, 6) is -0.589. The summed E-state index contributed by atoms with van der Waals surface area (Å²) >= 11 is 0. The zero-order valence-corrected chi connectivity index (χ0v) is 16.0. The molecule has 1 unspecified atom stereocenters. The number of fused-ring (bicyclic) bond motifs is 1. The average molecular weight is 370 g/mol. The normalized spacial score (nSPS) is 26.9. The summed E-state index contributed by atoms with van der Waals surface area (Å²) in [5.41, 5.74) is 3.91. The van der Waals surface area contributed by atoms with Gasteiger partial charge in [0.15, 0.2) is 5.78 Å². The van der Waals surface area contributed by atoms with Crippen molar-refractivity contribution in [1.29, 1.82) is 0 Å². The Morgan fingerprint density at radius 3 is 2.38 bits per heavy atom. The van der Waals surface area contributed by atoms with Gasteiger partial charge in [0.05, 0.1) is 12.2 Å². The summed E-state index contributed by atoms with van der Waals surface area (Å²) in [7, 11) is -3.39. The molecule has 136 valence electrons. The molecule has 0 aliphatic carbocycles. The van der Waals surface area contributed by atoms with Crippen LogP contribution in [0.3, 0.4) is 0 Å². The summed E-state index contributed by atoms with van der Waals surface area (Å²) in [5, 5.41) is 4.40. The van der Waals surface area contributed by atoms with Gasteiger partial charge in [-0.1, -0.05) is 35.9 Å². The Morgan fingerprint density at radius 2 is 1.69 bits per heavy atom. The zero-order valence-electron chi connectivity index (χ0n) is 15.1. The van der Waals surface area contributed by atoms with Crippen LogP contribution in [0.2, 0.25) is 0 Å². The molecule has 4 rings (SSSR count). The van der Waals surface area contributed by atoms with Gasteiger partial charge in [0, 0.05) is 28.4 Å². The highest BCUT2D eigenvalue weighted by Crippen LogP contribution is 2.66. The molecular formula is C20H23N2O3P. The van der Waals surface area contributed by atoms with Crippen LogP contribution in [0.1, 0.15) is 30.8 Å². The number of aromatic amines is 1. The first-order chi connectivity index (χ1) is 12.5. The number of hydrogen-bond acceptors (Lipinski definition) is 4. The second-order valence-corrected chi connectivity index (χ2v) is 8.88. The Kier molecular flexibility index (Phi) is 4.39. The van der Waals surface area contributed by atoms with Crippen molar-refractivity contribution in [1.82, 2.24) is 4.98 Å². The number of aryl methyl sites for hydroxylation is 1. The first-order valence-electron chi connectivity index (χ1n) is 8.82. The fraction of sp³-hybridized carbons (Fsp3) is 0.300. The highest BCUT2D eigenvalue weighted by Gasteiger charge is 2.47. The standard InChI is InChI=1S/C20H23N2O3P/c1-13-8-10-16(11-9-13)22-20(26(23)24-14(2)15(3)25-26)18-12-21-19-7-5-4-6-17(18)19/h4-12,14-15,20-22H,1-3H3/t14-,15+,20-,26?/m0/s1. The molecule has 0 radical (unpaired) electrons. The summed E-state index contributed by atoms with van der Waals surface area (Å²) in [6.07, 6.45) is 1.46.